The molecule has 0 radical (unpaired) electrons. The third-order valence-corrected chi connectivity index (χ3v) is 2.52. The minimum atomic E-state index is 0.0256. The molecular weight excluding hydrogens is 260 g/mol. The van der Waals surface area contributed by atoms with E-state index in [0.29, 0.717) is 24.3 Å². The molecule has 0 spiro atoms. The van der Waals surface area contributed by atoms with Crippen molar-refractivity contribution < 1.29 is 14.6 Å². The first kappa shape index (κ1) is 12.2. The highest BCUT2D eigenvalue weighted by Gasteiger charge is 2.05. The van der Waals surface area contributed by atoms with Crippen molar-refractivity contribution in [3.8, 4) is 5.75 Å². The van der Waals surface area contributed by atoms with Crippen LogP contribution in [0.2, 0.25) is 0 Å². The van der Waals surface area contributed by atoms with Crippen LogP contribution in [0, 0.1) is 0 Å². The molecule has 0 unspecified atom stereocenters. The smallest absolute Gasteiger partial charge is 0.159 e. The Kier molecular flexibility index (Phi) is 4.78. The average molecular weight is 273 g/mol. The van der Waals surface area contributed by atoms with Crippen molar-refractivity contribution in [2.24, 2.45) is 0 Å². The van der Waals surface area contributed by atoms with Crippen LogP contribution in [0.4, 0.5) is 0 Å². The van der Waals surface area contributed by atoms with Gasteiger partial charge in [-0.15, -0.1) is 0 Å². The Balaban J connectivity index is 2.70. The minimum Gasteiger partial charge on any atom is -0.492 e. The molecule has 1 aromatic rings. The van der Waals surface area contributed by atoms with Crippen LogP contribution in [0.1, 0.15) is 23.7 Å². The summed E-state index contributed by atoms with van der Waals surface area (Å²) >= 11 is 3.33. The van der Waals surface area contributed by atoms with Gasteiger partial charge in [0.1, 0.15) is 5.75 Å². The fourth-order valence-electron chi connectivity index (χ4n) is 1.08. The summed E-state index contributed by atoms with van der Waals surface area (Å²) in [5.41, 5.74) is 0.649. The topological polar surface area (TPSA) is 46.5 Å². The molecule has 0 atom stereocenters. The van der Waals surface area contributed by atoms with Gasteiger partial charge in [0.15, 0.2) is 5.78 Å². The molecule has 1 rings (SSSR count). The number of aliphatic hydroxyl groups is 1. The molecule has 1 aromatic carbocycles. The van der Waals surface area contributed by atoms with Crippen LogP contribution in [0.15, 0.2) is 22.7 Å². The van der Waals surface area contributed by atoms with Crippen LogP contribution in [-0.2, 0) is 0 Å². The molecule has 0 aliphatic rings. The Morgan fingerprint density at radius 1 is 1.53 bits per heavy atom. The second-order valence-corrected chi connectivity index (χ2v) is 3.98. The van der Waals surface area contributed by atoms with Crippen molar-refractivity contribution >= 4 is 21.7 Å². The van der Waals surface area contributed by atoms with Crippen molar-refractivity contribution in [1.29, 1.82) is 0 Å². The Morgan fingerprint density at radius 3 is 2.80 bits per heavy atom. The molecule has 3 nitrogen and oxygen atoms in total. The van der Waals surface area contributed by atoms with Crippen LogP contribution < -0.4 is 4.74 Å². The number of hydrogen-bond acceptors (Lipinski definition) is 3. The van der Waals surface area contributed by atoms with Gasteiger partial charge in [-0.1, -0.05) is 0 Å². The number of halogens is 1. The highest BCUT2D eigenvalue weighted by atomic mass is 79.9. The van der Waals surface area contributed by atoms with Gasteiger partial charge in [-0.05, 0) is 41.1 Å². The van der Waals surface area contributed by atoms with E-state index in [1.165, 1.54) is 6.92 Å². The van der Waals surface area contributed by atoms with Gasteiger partial charge < -0.3 is 9.84 Å². The molecule has 0 amide bonds. The molecule has 0 saturated carbocycles. The SMILES string of the molecule is CC(=O)c1ccc(OCCCO)c(Br)c1. The van der Waals surface area contributed by atoms with E-state index >= 15 is 0 Å². The van der Waals surface area contributed by atoms with E-state index < -0.39 is 0 Å². The second kappa shape index (κ2) is 5.88. The third kappa shape index (κ3) is 3.64. The molecule has 82 valence electrons. The lowest BCUT2D eigenvalue weighted by Crippen LogP contribution is -2.01. The summed E-state index contributed by atoms with van der Waals surface area (Å²) in [5, 5.41) is 8.59. The quantitative estimate of drug-likeness (QED) is 0.662. The van der Waals surface area contributed by atoms with E-state index in [4.69, 9.17) is 9.84 Å². The maximum absolute atomic E-state index is 11.1. The molecule has 0 saturated heterocycles. The minimum absolute atomic E-state index is 0.0256. The van der Waals surface area contributed by atoms with Crippen molar-refractivity contribution in [2.75, 3.05) is 13.2 Å². The summed E-state index contributed by atoms with van der Waals surface area (Å²) in [5.74, 6) is 0.714. The van der Waals surface area contributed by atoms with Crippen molar-refractivity contribution in [1.82, 2.24) is 0 Å². The van der Waals surface area contributed by atoms with Crippen LogP contribution in [0.5, 0.6) is 5.75 Å². The maximum Gasteiger partial charge on any atom is 0.159 e. The molecule has 0 bridgehead atoms. The van der Waals surface area contributed by atoms with Crippen LogP contribution in [0.25, 0.3) is 0 Å². The van der Waals surface area contributed by atoms with Gasteiger partial charge in [-0.3, -0.25) is 4.79 Å². The Hall–Kier alpha value is -0.870. The van der Waals surface area contributed by atoms with E-state index in [-0.39, 0.29) is 12.4 Å². The van der Waals surface area contributed by atoms with Crippen molar-refractivity contribution in [3.05, 3.63) is 28.2 Å². The average Bonchev–Trinajstić information content (AvgIpc) is 2.20. The molecule has 1 N–H and O–H groups in total. The normalized spacial score (nSPS) is 10.1. The summed E-state index contributed by atoms with van der Waals surface area (Å²) in [4.78, 5) is 11.1. The van der Waals surface area contributed by atoms with Gasteiger partial charge in [0, 0.05) is 18.6 Å². The predicted molar refractivity (Wildman–Crippen MR) is 61.3 cm³/mol. The van der Waals surface area contributed by atoms with Crippen LogP contribution in [0.3, 0.4) is 0 Å². The van der Waals surface area contributed by atoms with Gasteiger partial charge in [-0.25, -0.2) is 0 Å². The fraction of sp³-hybridized carbons (Fsp3) is 0.364. The summed E-state index contributed by atoms with van der Waals surface area (Å²) < 4.78 is 6.15. The van der Waals surface area contributed by atoms with E-state index in [9.17, 15) is 4.79 Å². The largest absolute Gasteiger partial charge is 0.492 e. The number of benzene rings is 1. The zero-order valence-corrected chi connectivity index (χ0v) is 10.1. The number of ketones is 1. The number of carbonyl (C=O) groups excluding carboxylic acids is 1. The Labute approximate surface area is 97.2 Å². The van der Waals surface area contributed by atoms with Crippen LogP contribution >= 0.6 is 15.9 Å². The summed E-state index contributed by atoms with van der Waals surface area (Å²) in [6.07, 6.45) is 0.598. The number of ether oxygens (including phenoxy) is 1. The van der Waals surface area contributed by atoms with E-state index in [0.717, 1.165) is 4.47 Å². The molecule has 0 fully saturated rings. The Morgan fingerprint density at radius 2 is 2.27 bits per heavy atom. The summed E-state index contributed by atoms with van der Waals surface area (Å²) in [6, 6.07) is 5.20. The van der Waals surface area contributed by atoms with Gasteiger partial charge in [-0.2, -0.15) is 0 Å². The zero-order chi connectivity index (χ0) is 11.3. The molecular formula is C11H13BrO3. The maximum atomic E-state index is 11.1. The third-order valence-electron chi connectivity index (χ3n) is 1.90. The van der Waals surface area contributed by atoms with Crippen molar-refractivity contribution in [2.45, 2.75) is 13.3 Å². The number of Topliss-reactive ketones (excluding diaryl/α,β-unsaturated/α-hetero) is 1. The monoisotopic (exact) mass is 272 g/mol. The fourth-order valence-corrected chi connectivity index (χ4v) is 1.58. The molecule has 4 heteroatoms. The highest BCUT2D eigenvalue weighted by molar-refractivity contribution is 9.10. The number of carbonyl (C=O) groups is 1. The highest BCUT2D eigenvalue weighted by Crippen LogP contribution is 2.26. The van der Waals surface area contributed by atoms with Crippen molar-refractivity contribution in [3.63, 3.8) is 0 Å². The van der Waals surface area contributed by atoms with E-state index in [1.807, 2.05) is 0 Å². The summed E-state index contributed by atoms with van der Waals surface area (Å²) in [7, 11) is 0. The molecule has 0 heterocycles. The van der Waals surface area contributed by atoms with Gasteiger partial charge >= 0.3 is 0 Å². The number of hydrogen-bond donors (Lipinski definition) is 1. The van der Waals surface area contributed by atoms with Gasteiger partial charge in [0.25, 0.3) is 0 Å². The standard InChI is InChI=1S/C11H13BrO3/c1-8(14)9-3-4-11(10(12)7-9)15-6-2-5-13/h3-4,7,13H,2,5-6H2,1H3. The second-order valence-electron chi connectivity index (χ2n) is 3.13. The predicted octanol–water partition coefficient (Wildman–Crippen LogP) is 2.41. The molecule has 0 aliphatic carbocycles. The Bertz CT molecular complexity index is 350. The number of aliphatic hydroxyl groups excluding tert-OH is 1. The van der Waals surface area contributed by atoms with E-state index in [1.54, 1.807) is 18.2 Å². The number of rotatable bonds is 5. The lowest BCUT2D eigenvalue weighted by molar-refractivity contribution is 0.101. The lowest BCUT2D eigenvalue weighted by Gasteiger charge is -2.07. The van der Waals surface area contributed by atoms with Gasteiger partial charge in [0.2, 0.25) is 0 Å². The van der Waals surface area contributed by atoms with E-state index in [2.05, 4.69) is 15.9 Å². The lowest BCUT2D eigenvalue weighted by atomic mass is 10.1. The van der Waals surface area contributed by atoms with Gasteiger partial charge in [0.05, 0.1) is 11.1 Å². The molecule has 0 aromatic heterocycles. The molecule has 15 heavy (non-hydrogen) atoms. The molecule has 0 aliphatic heterocycles. The zero-order valence-electron chi connectivity index (χ0n) is 8.50. The first-order valence-electron chi connectivity index (χ1n) is 4.69. The van der Waals surface area contributed by atoms with Crippen LogP contribution in [-0.4, -0.2) is 24.1 Å². The first-order chi connectivity index (χ1) is 7.15. The first-order valence-corrected chi connectivity index (χ1v) is 5.48. The summed E-state index contributed by atoms with van der Waals surface area (Å²) in [6.45, 7) is 2.10.